The number of urea groups is 1. The molecular weight excluding hydrogens is 339 g/mol. The molecule has 9 nitrogen and oxygen atoms in total. The molecule has 0 saturated heterocycles. The number of halogens is 3. The lowest BCUT2D eigenvalue weighted by molar-refractivity contribution is -0.384. The second-order valence-corrected chi connectivity index (χ2v) is 4.23. The summed E-state index contributed by atoms with van der Waals surface area (Å²) < 4.78 is 40.0. The van der Waals surface area contributed by atoms with Crippen molar-refractivity contribution in [1.82, 2.24) is 10.6 Å². The van der Waals surface area contributed by atoms with E-state index >= 15 is 0 Å². The quantitative estimate of drug-likeness (QED) is 0.466. The molecule has 24 heavy (non-hydrogen) atoms. The van der Waals surface area contributed by atoms with Gasteiger partial charge >= 0.3 is 18.2 Å². The summed E-state index contributed by atoms with van der Waals surface area (Å²) in [6.07, 6.45) is -4.64. The first-order valence-corrected chi connectivity index (χ1v) is 6.14. The summed E-state index contributed by atoms with van der Waals surface area (Å²) in [6.45, 7) is -2.60. The van der Waals surface area contributed by atoms with Crippen LogP contribution in [0.2, 0.25) is 0 Å². The van der Waals surface area contributed by atoms with Crippen molar-refractivity contribution in [2.24, 2.45) is 0 Å². The minimum absolute atomic E-state index is 0.210. The van der Waals surface area contributed by atoms with Gasteiger partial charge in [-0.3, -0.25) is 20.2 Å². The zero-order chi connectivity index (χ0) is 18.3. The maximum atomic E-state index is 11.8. The molecule has 0 aliphatic heterocycles. The van der Waals surface area contributed by atoms with Gasteiger partial charge in [-0.1, -0.05) is 6.07 Å². The maximum Gasteiger partial charge on any atom is 0.405 e. The van der Waals surface area contributed by atoms with E-state index < -0.39 is 42.2 Å². The number of alkyl halides is 3. The van der Waals surface area contributed by atoms with Crippen molar-refractivity contribution in [1.29, 1.82) is 0 Å². The van der Waals surface area contributed by atoms with Crippen molar-refractivity contribution in [3.63, 3.8) is 0 Å². The third-order valence-electron chi connectivity index (χ3n) is 2.33. The van der Waals surface area contributed by atoms with E-state index in [1.54, 1.807) is 0 Å². The van der Waals surface area contributed by atoms with Gasteiger partial charge in [0.25, 0.3) is 11.6 Å². The summed E-state index contributed by atoms with van der Waals surface area (Å²) in [5, 5.41) is 13.5. The van der Waals surface area contributed by atoms with E-state index in [4.69, 9.17) is 0 Å². The van der Waals surface area contributed by atoms with Crippen molar-refractivity contribution in [3.8, 4) is 0 Å². The summed E-state index contributed by atoms with van der Waals surface area (Å²) in [5.74, 6) is -2.25. The Balaban J connectivity index is 2.46. The van der Waals surface area contributed by atoms with Gasteiger partial charge in [0, 0.05) is 12.1 Å². The predicted octanol–water partition coefficient (Wildman–Crippen LogP) is 1.14. The van der Waals surface area contributed by atoms with Crippen LogP contribution in [0.3, 0.4) is 0 Å². The number of imide groups is 1. The number of nitro benzene ring substituents is 1. The smallest absolute Gasteiger partial charge is 0.405 e. The number of hydrogen-bond acceptors (Lipinski definition) is 6. The number of nitrogens with zero attached hydrogens (tertiary/aromatic N) is 1. The lowest BCUT2D eigenvalue weighted by Crippen LogP contribution is -2.44. The molecule has 0 spiro atoms. The molecule has 0 radical (unpaired) electrons. The van der Waals surface area contributed by atoms with E-state index in [1.807, 2.05) is 0 Å². The number of non-ortho nitro benzene ring substituents is 1. The van der Waals surface area contributed by atoms with Gasteiger partial charge < -0.3 is 10.1 Å². The first-order chi connectivity index (χ1) is 11.1. The van der Waals surface area contributed by atoms with Crippen molar-refractivity contribution >= 4 is 23.6 Å². The Kier molecular flexibility index (Phi) is 6.21. The van der Waals surface area contributed by atoms with Gasteiger partial charge in [0.2, 0.25) is 0 Å². The first kappa shape index (κ1) is 18.9. The lowest BCUT2D eigenvalue weighted by Gasteiger charge is -2.09. The number of ether oxygens (including phenoxy) is 1. The Morgan fingerprint density at radius 1 is 1.25 bits per heavy atom. The molecule has 3 amide bonds. The fourth-order valence-corrected chi connectivity index (χ4v) is 1.35. The van der Waals surface area contributed by atoms with Crippen molar-refractivity contribution in [2.75, 3.05) is 13.2 Å². The van der Waals surface area contributed by atoms with Crippen LogP contribution in [0.1, 0.15) is 10.4 Å². The maximum absolute atomic E-state index is 11.8. The SMILES string of the molecule is O=C(COC(=O)c1cccc([N+](=O)[O-])c1)NC(=O)NCC(F)(F)F. The molecule has 1 aromatic carbocycles. The molecule has 0 atom stereocenters. The standard InChI is InChI=1S/C12H10F3N3O6/c13-12(14,15)6-16-11(21)17-9(19)5-24-10(20)7-2-1-3-8(4-7)18(22)23/h1-4H,5-6H2,(H2,16,17,19,21). The van der Waals surface area contributed by atoms with Crippen LogP contribution in [0.25, 0.3) is 0 Å². The minimum Gasteiger partial charge on any atom is -0.452 e. The number of rotatable bonds is 5. The fraction of sp³-hybridized carbons (Fsp3) is 0.250. The van der Waals surface area contributed by atoms with Gasteiger partial charge in [0.1, 0.15) is 6.54 Å². The number of amides is 3. The van der Waals surface area contributed by atoms with Gasteiger partial charge in [-0.25, -0.2) is 9.59 Å². The van der Waals surface area contributed by atoms with Crippen molar-refractivity contribution < 1.29 is 37.2 Å². The van der Waals surface area contributed by atoms with Crippen LogP contribution < -0.4 is 10.6 Å². The summed E-state index contributed by atoms with van der Waals surface area (Å²) in [4.78, 5) is 43.6. The highest BCUT2D eigenvalue weighted by Crippen LogP contribution is 2.14. The van der Waals surface area contributed by atoms with Crippen molar-refractivity contribution in [2.45, 2.75) is 6.18 Å². The summed E-state index contributed by atoms with van der Waals surface area (Å²) in [7, 11) is 0. The lowest BCUT2D eigenvalue weighted by atomic mass is 10.2. The second-order valence-electron chi connectivity index (χ2n) is 4.23. The number of hydrogen-bond donors (Lipinski definition) is 2. The third kappa shape index (κ3) is 6.72. The Morgan fingerprint density at radius 2 is 1.92 bits per heavy atom. The van der Waals surface area contributed by atoms with Crippen LogP contribution in [-0.2, 0) is 9.53 Å². The Morgan fingerprint density at radius 3 is 2.50 bits per heavy atom. The number of nitrogens with one attached hydrogen (secondary N) is 2. The molecule has 0 aliphatic rings. The molecule has 1 aromatic rings. The van der Waals surface area contributed by atoms with E-state index in [9.17, 15) is 37.7 Å². The topological polar surface area (TPSA) is 128 Å². The van der Waals surface area contributed by atoms with Gasteiger partial charge in [-0.2, -0.15) is 13.2 Å². The number of nitro groups is 1. The largest absolute Gasteiger partial charge is 0.452 e. The normalized spacial score (nSPS) is 10.6. The average Bonchev–Trinajstić information content (AvgIpc) is 2.50. The molecule has 0 fully saturated rings. The van der Waals surface area contributed by atoms with Crippen LogP contribution >= 0.6 is 0 Å². The zero-order valence-corrected chi connectivity index (χ0v) is 11.8. The minimum atomic E-state index is -4.64. The molecule has 0 saturated carbocycles. The number of carbonyl (C=O) groups is 3. The third-order valence-corrected chi connectivity index (χ3v) is 2.33. The molecular formula is C12H10F3N3O6. The van der Waals surface area contributed by atoms with Crippen LogP contribution in [0.15, 0.2) is 24.3 Å². The number of esters is 1. The van der Waals surface area contributed by atoms with Gasteiger partial charge in [-0.15, -0.1) is 0 Å². The Hall–Kier alpha value is -3.18. The van der Waals surface area contributed by atoms with E-state index in [0.717, 1.165) is 12.1 Å². The monoisotopic (exact) mass is 349 g/mol. The van der Waals surface area contributed by atoms with Gasteiger partial charge in [-0.05, 0) is 6.07 Å². The highest BCUT2D eigenvalue weighted by atomic mass is 19.4. The molecule has 0 heterocycles. The molecule has 130 valence electrons. The highest BCUT2D eigenvalue weighted by Gasteiger charge is 2.28. The van der Waals surface area contributed by atoms with Gasteiger partial charge in [0.05, 0.1) is 10.5 Å². The number of benzene rings is 1. The molecule has 0 aliphatic carbocycles. The summed E-state index contributed by atoms with van der Waals surface area (Å²) in [5.41, 5.74) is -0.584. The van der Waals surface area contributed by atoms with E-state index in [-0.39, 0.29) is 11.3 Å². The molecule has 2 N–H and O–H groups in total. The highest BCUT2D eigenvalue weighted by molar-refractivity contribution is 5.97. The summed E-state index contributed by atoms with van der Waals surface area (Å²) in [6, 6.07) is 3.05. The fourth-order valence-electron chi connectivity index (χ4n) is 1.35. The molecule has 1 rings (SSSR count). The first-order valence-electron chi connectivity index (χ1n) is 6.14. The average molecular weight is 349 g/mol. The summed E-state index contributed by atoms with van der Waals surface area (Å²) >= 11 is 0. The van der Waals surface area contributed by atoms with E-state index in [2.05, 4.69) is 4.74 Å². The van der Waals surface area contributed by atoms with Gasteiger partial charge in [0.15, 0.2) is 6.61 Å². The van der Waals surface area contributed by atoms with Crippen LogP contribution in [0, 0.1) is 10.1 Å². The predicted molar refractivity (Wildman–Crippen MR) is 71.0 cm³/mol. The molecule has 0 bridgehead atoms. The number of carbonyl (C=O) groups excluding carboxylic acids is 3. The molecule has 0 aromatic heterocycles. The molecule has 12 heteroatoms. The molecule has 0 unspecified atom stereocenters. The van der Waals surface area contributed by atoms with E-state index in [1.165, 1.54) is 22.8 Å². The second kappa shape index (κ2) is 7.89. The Bertz CT molecular complexity index is 662. The van der Waals surface area contributed by atoms with Crippen LogP contribution in [-0.4, -0.2) is 42.2 Å². The Labute approximate surface area is 131 Å². The van der Waals surface area contributed by atoms with Crippen LogP contribution in [0.5, 0.6) is 0 Å². The van der Waals surface area contributed by atoms with Crippen molar-refractivity contribution in [3.05, 3.63) is 39.9 Å². The van der Waals surface area contributed by atoms with Crippen LogP contribution in [0.4, 0.5) is 23.7 Å². The van der Waals surface area contributed by atoms with E-state index in [0.29, 0.717) is 0 Å². The zero-order valence-electron chi connectivity index (χ0n) is 11.8.